The molecule has 1 aromatic rings. The standard InChI is InChI=1S/C8H8O2.2HI.Pd.Zn/c1-10-8(9)7-5-3-2-4-6-7;;;;/h2-6H,1H3;2*1H;;/q;;;;+2/p-2. The molecule has 0 bridgehead atoms. The molecule has 0 saturated carbocycles. The number of hydrogen-bond acceptors (Lipinski definition) is 2. The van der Waals surface area contributed by atoms with Gasteiger partial charge in [-0.15, -0.1) is 0 Å². The predicted molar refractivity (Wildman–Crippen MR) is 65.8 cm³/mol. The molecule has 2 nitrogen and oxygen atoms in total. The molecule has 0 heterocycles. The van der Waals surface area contributed by atoms with Crippen molar-refractivity contribution in [3.63, 3.8) is 0 Å². The van der Waals surface area contributed by atoms with Crippen molar-refractivity contribution in [2.24, 2.45) is 0 Å². The summed E-state index contributed by atoms with van der Waals surface area (Å²) >= 11 is 4.93. The maximum absolute atomic E-state index is 10.8. The number of halogens is 2. The van der Waals surface area contributed by atoms with Gasteiger partial charge in [-0.25, -0.2) is 4.79 Å². The average molecular weight is 562 g/mol. The molecule has 1 aromatic carbocycles. The molecule has 6 heteroatoms. The molecular weight excluding hydrogens is 554 g/mol. The molecule has 0 aromatic heterocycles. The van der Waals surface area contributed by atoms with Crippen molar-refractivity contribution >= 4 is 45.5 Å². The summed E-state index contributed by atoms with van der Waals surface area (Å²) in [4.78, 5) is 10.8. The van der Waals surface area contributed by atoms with Crippen molar-refractivity contribution in [3.8, 4) is 0 Å². The van der Waals surface area contributed by atoms with E-state index in [0.717, 1.165) is 0 Å². The van der Waals surface area contributed by atoms with Gasteiger partial charge >= 0.3 is 55.6 Å². The van der Waals surface area contributed by atoms with Gasteiger partial charge in [-0.1, -0.05) is 18.2 Å². The SMILES string of the molecule is COC(=O)c1ccccc1.[I][Zn][I].[Pd]. The van der Waals surface area contributed by atoms with Crippen LogP contribution in [-0.2, 0) is 35.3 Å². The largest absolute Gasteiger partial charge is 0 e. The summed E-state index contributed by atoms with van der Waals surface area (Å²) in [6.07, 6.45) is 0. The van der Waals surface area contributed by atoms with E-state index in [1.54, 1.807) is 24.3 Å². The van der Waals surface area contributed by atoms with Gasteiger partial charge < -0.3 is 4.74 Å². The van der Waals surface area contributed by atoms with Crippen molar-refractivity contribution in [1.29, 1.82) is 0 Å². The van der Waals surface area contributed by atoms with Crippen LogP contribution < -0.4 is 0 Å². The first-order chi connectivity index (χ1) is 6.26. The Balaban J connectivity index is 0. The Morgan fingerprint density at radius 2 is 1.71 bits per heavy atom. The Hall–Kier alpha value is 1.44. The van der Waals surface area contributed by atoms with E-state index >= 15 is 0 Å². The molecule has 0 aliphatic rings. The van der Waals surface area contributed by atoms with Crippen LogP contribution in [0.2, 0.25) is 0 Å². The third-order valence-electron chi connectivity index (χ3n) is 1.19. The first kappa shape index (κ1) is 17.8. The Bertz CT molecular complexity index is 246. The molecule has 0 fully saturated rings. The third-order valence-corrected chi connectivity index (χ3v) is 1.19. The second-order valence-electron chi connectivity index (χ2n) is 1.96. The van der Waals surface area contributed by atoms with Crippen molar-refractivity contribution in [2.75, 3.05) is 7.11 Å². The van der Waals surface area contributed by atoms with Crippen LogP contribution in [0.4, 0.5) is 0 Å². The Morgan fingerprint density at radius 1 is 1.29 bits per heavy atom. The Morgan fingerprint density at radius 3 is 2.07 bits per heavy atom. The number of hydrogen-bond donors (Lipinski definition) is 0. The van der Waals surface area contributed by atoms with Crippen LogP contribution in [0.25, 0.3) is 0 Å². The number of methoxy groups -OCH3 is 1. The van der Waals surface area contributed by atoms with E-state index in [9.17, 15) is 4.79 Å². The fourth-order valence-electron chi connectivity index (χ4n) is 0.692. The van der Waals surface area contributed by atoms with Crippen LogP contribution in [0.3, 0.4) is 0 Å². The number of benzene rings is 1. The molecule has 0 atom stereocenters. The van der Waals surface area contributed by atoms with Crippen LogP contribution in [0, 0.1) is 0 Å². The summed E-state index contributed by atoms with van der Waals surface area (Å²) in [7, 11) is 1.44. The molecule has 0 radical (unpaired) electrons. The van der Waals surface area contributed by atoms with Crippen molar-refractivity contribution in [1.82, 2.24) is 0 Å². The fourth-order valence-corrected chi connectivity index (χ4v) is 0.692. The third kappa shape index (κ3) is 8.72. The first-order valence-electron chi connectivity index (χ1n) is 3.51. The number of ether oxygens (including phenoxy) is 1. The maximum atomic E-state index is 10.8. The van der Waals surface area contributed by atoms with Gasteiger partial charge in [-0.05, 0) is 12.1 Å². The quantitative estimate of drug-likeness (QED) is 0.299. The zero-order chi connectivity index (χ0) is 10.1. The van der Waals surface area contributed by atoms with Gasteiger partial charge in [0.2, 0.25) is 0 Å². The molecule has 1 rings (SSSR count). The molecule has 0 spiro atoms. The van der Waals surface area contributed by atoms with E-state index in [2.05, 4.69) is 44.2 Å². The van der Waals surface area contributed by atoms with E-state index in [1.165, 1.54) is 7.11 Å². The van der Waals surface area contributed by atoms with Gasteiger partial charge in [0.1, 0.15) is 0 Å². The van der Waals surface area contributed by atoms with E-state index < -0.39 is 0 Å². The molecule has 78 valence electrons. The van der Waals surface area contributed by atoms with E-state index in [4.69, 9.17) is 0 Å². The number of carbonyl (C=O) groups excluding carboxylic acids is 1. The zero-order valence-electron chi connectivity index (χ0n) is 7.48. The molecule has 0 amide bonds. The van der Waals surface area contributed by atoms with Crippen molar-refractivity contribution < 1.29 is 40.1 Å². The maximum Gasteiger partial charge on any atom is 0 e. The molecule has 14 heavy (non-hydrogen) atoms. The summed E-state index contributed by atoms with van der Waals surface area (Å²) in [5.41, 5.74) is 0.588. The fraction of sp³-hybridized carbons (Fsp3) is 0.125. The van der Waals surface area contributed by atoms with Gasteiger partial charge in [0.05, 0.1) is 12.7 Å². The van der Waals surface area contributed by atoms with Gasteiger partial charge in [-0.3, -0.25) is 0 Å². The number of esters is 1. The predicted octanol–water partition coefficient (Wildman–Crippen LogP) is 3.24. The topological polar surface area (TPSA) is 26.3 Å². The summed E-state index contributed by atoms with van der Waals surface area (Å²) in [5.74, 6) is -0.291. The minimum atomic E-state index is -0.291. The first-order valence-corrected chi connectivity index (χ1v) is 21.6. The van der Waals surface area contributed by atoms with Crippen LogP contribution in [0.5, 0.6) is 0 Å². The second kappa shape index (κ2) is 12.5. The second-order valence-corrected chi connectivity index (χ2v) is 25.5. The minimum absolute atomic E-state index is 0. The van der Waals surface area contributed by atoms with E-state index in [-0.39, 0.29) is 36.5 Å². The average Bonchev–Trinajstić information content (AvgIpc) is 2.19. The Kier molecular flexibility index (Phi) is 15.9. The molecule has 0 unspecified atom stereocenters. The van der Waals surface area contributed by atoms with Crippen molar-refractivity contribution in [3.05, 3.63) is 35.9 Å². The Labute approximate surface area is 127 Å². The van der Waals surface area contributed by atoms with E-state index in [1.807, 2.05) is 6.07 Å². The summed E-state index contributed by atoms with van der Waals surface area (Å²) < 4.78 is 4.50. The summed E-state index contributed by atoms with van der Waals surface area (Å²) in [5, 5.41) is 0. The normalized spacial score (nSPS) is 7.07. The zero-order valence-corrected chi connectivity index (χ0v) is 16.3. The van der Waals surface area contributed by atoms with Crippen LogP contribution in [0.1, 0.15) is 10.4 Å². The molecule has 0 aliphatic carbocycles. The number of carbonyl (C=O) groups is 1. The van der Waals surface area contributed by atoms with Gasteiger partial charge in [0, 0.05) is 20.4 Å². The summed E-state index contributed by atoms with van der Waals surface area (Å²) in [6.45, 7) is 0. The van der Waals surface area contributed by atoms with Gasteiger partial charge in [0.15, 0.2) is 0 Å². The van der Waals surface area contributed by atoms with Gasteiger partial charge in [0.25, 0.3) is 0 Å². The van der Waals surface area contributed by atoms with Gasteiger partial charge in [-0.2, -0.15) is 0 Å². The van der Waals surface area contributed by atoms with Crippen LogP contribution in [-0.4, -0.2) is 13.1 Å². The molecule has 0 saturated heterocycles. The number of rotatable bonds is 1. The smallest absolute Gasteiger partial charge is 0 e. The molecular formula is C8H8I2O2PdZn. The molecule has 0 aliphatic heterocycles. The molecule has 0 N–H and O–H groups in total. The minimum Gasteiger partial charge on any atom is 0 e. The van der Waals surface area contributed by atoms with Crippen LogP contribution in [0.15, 0.2) is 30.3 Å². The van der Waals surface area contributed by atoms with Crippen LogP contribution >= 0.6 is 39.5 Å². The summed E-state index contributed by atoms with van der Waals surface area (Å²) in [6, 6.07) is 8.88. The van der Waals surface area contributed by atoms with E-state index in [0.29, 0.717) is 5.56 Å². The van der Waals surface area contributed by atoms with Crippen molar-refractivity contribution in [2.45, 2.75) is 0 Å². The monoisotopic (exact) mass is 560 g/mol.